The minimum absolute atomic E-state index is 0.251. The van der Waals surface area contributed by atoms with Gasteiger partial charge in [0.2, 0.25) is 11.8 Å². The van der Waals surface area contributed by atoms with Crippen LogP contribution in [0.4, 0.5) is 0 Å². The molecule has 0 radical (unpaired) electrons. The largest absolute Gasteiger partial charge is 0.493 e. The van der Waals surface area contributed by atoms with E-state index in [1.54, 1.807) is 12.2 Å². The van der Waals surface area contributed by atoms with Crippen LogP contribution in [0.1, 0.15) is 5.82 Å². The number of hydrogen-bond acceptors (Lipinski definition) is 4. The molecule has 1 aliphatic carbocycles. The van der Waals surface area contributed by atoms with Gasteiger partial charge in [-0.15, -0.1) is 0 Å². The lowest BCUT2D eigenvalue weighted by Crippen LogP contribution is -1.92. The van der Waals surface area contributed by atoms with Crippen LogP contribution in [0.25, 0.3) is 5.57 Å². The second kappa shape index (κ2) is 4.44. The highest BCUT2D eigenvalue weighted by Gasteiger charge is 2.05. The lowest BCUT2D eigenvalue weighted by molar-refractivity contribution is 0.420. The van der Waals surface area contributed by atoms with Crippen molar-refractivity contribution in [1.82, 2.24) is 9.97 Å². The van der Waals surface area contributed by atoms with Crippen LogP contribution in [0.3, 0.4) is 0 Å². The fourth-order valence-corrected chi connectivity index (χ4v) is 1.27. The van der Waals surface area contributed by atoms with Crippen molar-refractivity contribution >= 4 is 5.57 Å². The highest BCUT2D eigenvalue weighted by atomic mass is 16.3. The van der Waals surface area contributed by atoms with Gasteiger partial charge in [0.25, 0.3) is 0 Å². The molecule has 0 spiro atoms. The predicted molar refractivity (Wildman–Crippen MR) is 60.8 cm³/mol. The van der Waals surface area contributed by atoms with Crippen LogP contribution in [-0.2, 0) is 0 Å². The van der Waals surface area contributed by atoms with Crippen molar-refractivity contribution in [2.45, 2.75) is 0 Å². The molecular weight excluding hydrogens is 204 g/mol. The van der Waals surface area contributed by atoms with Crippen molar-refractivity contribution in [2.24, 2.45) is 0 Å². The minimum Gasteiger partial charge on any atom is -0.493 e. The Hall–Kier alpha value is -2.36. The molecule has 4 nitrogen and oxygen atoms in total. The van der Waals surface area contributed by atoms with E-state index in [9.17, 15) is 10.2 Å². The monoisotopic (exact) mass is 214 g/mol. The Kier molecular flexibility index (Phi) is 2.82. The third kappa shape index (κ3) is 2.36. The van der Waals surface area contributed by atoms with E-state index >= 15 is 0 Å². The summed E-state index contributed by atoms with van der Waals surface area (Å²) in [7, 11) is 0. The summed E-state index contributed by atoms with van der Waals surface area (Å²) < 4.78 is 0. The summed E-state index contributed by atoms with van der Waals surface area (Å²) in [6.07, 6.45) is 12.9. The molecule has 0 fully saturated rings. The standard InChI is InChI=1S/C12H10N2O2/c15-10-8-11(16)14-12(13-10)9-6-4-2-1-3-5-7-9/h1-8H,(H2,13,14,15,16)/b2-1-,3-1?,4-2?,5-3-,6-4-,7-5?,9-6?,9-7+. The van der Waals surface area contributed by atoms with E-state index < -0.39 is 0 Å². The average Bonchev–Trinajstić information content (AvgIpc) is 2.14. The van der Waals surface area contributed by atoms with Crippen LogP contribution in [0.5, 0.6) is 11.8 Å². The van der Waals surface area contributed by atoms with Gasteiger partial charge in [0.1, 0.15) is 0 Å². The van der Waals surface area contributed by atoms with Crippen molar-refractivity contribution in [3.63, 3.8) is 0 Å². The highest BCUT2D eigenvalue weighted by Crippen LogP contribution is 2.19. The van der Waals surface area contributed by atoms with E-state index in [0.29, 0.717) is 5.57 Å². The molecule has 1 aliphatic rings. The van der Waals surface area contributed by atoms with Crippen LogP contribution in [0.2, 0.25) is 0 Å². The van der Waals surface area contributed by atoms with Crippen LogP contribution >= 0.6 is 0 Å². The van der Waals surface area contributed by atoms with Crippen molar-refractivity contribution in [3.05, 3.63) is 54.4 Å². The molecule has 4 heteroatoms. The zero-order valence-electron chi connectivity index (χ0n) is 8.41. The molecule has 0 aromatic carbocycles. The van der Waals surface area contributed by atoms with Crippen LogP contribution < -0.4 is 0 Å². The smallest absolute Gasteiger partial charge is 0.218 e. The maximum absolute atomic E-state index is 9.26. The van der Waals surface area contributed by atoms with Crippen LogP contribution in [0, 0.1) is 0 Å². The topological polar surface area (TPSA) is 66.2 Å². The summed E-state index contributed by atoms with van der Waals surface area (Å²) in [5.74, 6) is -0.217. The van der Waals surface area contributed by atoms with Gasteiger partial charge in [-0.25, -0.2) is 0 Å². The Morgan fingerprint density at radius 2 is 1.44 bits per heavy atom. The molecule has 16 heavy (non-hydrogen) atoms. The number of hydrogen-bond donors (Lipinski definition) is 2. The fourth-order valence-electron chi connectivity index (χ4n) is 1.27. The summed E-state index contributed by atoms with van der Waals surface area (Å²) in [6, 6.07) is 1.09. The van der Waals surface area contributed by atoms with E-state index in [-0.39, 0.29) is 17.6 Å². The summed E-state index contributed by atoms with van der Waals surface area (Å²) in [5, 5.41) is 18.5. The Bertz CT molecular complexity index is 494. The molecule has 0 atom stereocenters. The van der Waals surface area contributed by atoms with E-state index in [4.69, 9.17) is 0 Å². The Morgan fingerprint density at radius 3 is 2.19 bits per heavy atom. The molecule has 1 aromatic rings. The molecule has 0 saturated carbocycles. The maximum atomic E-state index is 9.26. The molecule has 0 aliphatic heterocycles. The molecular formula is C12H10N2O2. The SMILES string of the molecule is Oc1cc(O)nc(C2=C/C=C\C=C/C=C\2)n1. The second-order valence-electron chi connectivity index (χ2n) is 3.16. The Labute approximate surface area is 92.6 Å². The normalized spacial score (nSPS) is 23.6. The van der Waals surface area contributed by atoms with Gasteiger partial charge >= 0.3 is 0 Å². The van der Waals surface area contributed by atoms with Crippen molar-refractivity contribution in [1.29, 1.82) is 0 Å². The third-order valence-electron chi connectivity index (χ3n) is 1.95. The van der Waals surface area contributed by atoms with Gasteiger partial charge in [-0.1, -0.05) is 42.5 Å². The maximum Gasteiger partial charge on any atom is 0.218 e. The zero-order valence-corrected chi connectivity index (χ0v) is 8.41. The van der Waals surface area contributed by atoms with E-state index in [1.807, 2.05) is 30.4 Å². The van der Waals surface area contributed by atoms with Crippen LogP contribution in [0.15, 0.2) is 48.6 Å². The van der Waals surface area contributed by atoms with Gasteiger partial charge in [0.15, 0.2) is 5.82 Å². The third-order valence-corrected chi connectivity index (χ3v) is 1.95. The summed E-state index contributed by atoms with van der Waals surface area (Å²) in [6.45, 7) is 0. The van der Waals surface area contributed by atoms with Gasteiger partial charge in [0, 0.05) is 5.57 Å². The number of aromatic nitrogens is 2. The zero-order chi connectivity index (χ0) is 11.4. The van der Waals surface area contributed by atoms with Gasteiger partial charge in [-0.3, -0.25) is 0 Å². The van der Waals surface area contributed by atoms with E-state index in [1.165, 1.54) is 0 Å². The molecule has 0 unspecified atom stereocenters. The van der Waals surface area contributed by atoms with Gasteiger partial charge in [-0.05, 0) is 0 Å². The quantitative estimate of drug-likeness (QED) is 0.749. The average molecular weight is 214 g/mol. The number of rotatable bonds is 1. The first-order valence-corrected chi connectivity index (χ1v) is 4.75. The molecule has 1 aromatic heterocycles. The lowest BCUT2D eigenvalue weighted by Gasteiger charge is -2.02. The van der Waals surface area contributed by atoms with Crippen molar-refractivity contribution < 1.29 is 10.2 Å². The molecule has 2 N–H and O–H groups in total. The number of nitrogens with zero attached hydrogens (tertiary/aromatic N) is 2. The summed E-state index contributed by atoms with van der Waals surface area (Å²) in [5.41, 5.74) is 0.715. The summed E-state index contributed by atoms with van der Waals surface area (Å²) in [4.78, 5) is 7.67. The summed E-state index contributed by atoms with van der Waals surface area (Å²) >= 11 is 0. The molecule has 1 heterocycles. The Balaban J connectivity index is 2.43. The van der Waals surface area contributed by atoms with Crippen LogP contribution in [-0.4, -0.2) is 20.2 Å². The molecule has 80 valence electrons. The van der Waals surface area contributed by atoms with Gasteiger partial charge < -0.3 is 10.2 Å². The first kappa shape index (κ1) is 10.2. The predicted octanol–water partition coefficient (Wildman–Crippen LogP) is 1.95. The number of aromatic hydroxyl groups is 2. The van der Waals surface area contributed by atoms with Crippen molar-refractivity contribution in [3.8, 4) is 11.8 Å². The first-order valence-electron chi connectivity index (χ1n) is 4.75. The molecule has 0 amide bonds. The fraction of sp³-hybridized carbons (Fsp3) is 0. The highest BCUT2D eigenvalue weighted by molar-refractivity contribution is 5.72. The van der Waals surface area contributed by atoms with Crippen molar-refractivity contribution in [2.75, 3.05) is 0 Å². The number of allylic oxidation sites excluding steroid dienone is 8. The lowest BCUT2D eigenvalue weighted by atomic mass is 10.1. The van der Waals surface area contributed by atoms with Gasteiger partial charge in [0.05, 0.1) is 6.07 Å². The second-order valence-corrected chi connectivity index (χ2v) is 3.16. The van der Waals surface area contributed by atoms with Gasteiger partial charge in [-0.2, -0.15) is 9.97 Å². The van der Waals surface area contributed by atoms with E-state index in [0.717, 1.165) is 6.07 Å². The molecule has 0 saturated heterocycles. The molecule has 2 rings (SSSR count). The minimum atomic E-state index is -0.251. The van der Waals surface area contributed by atoms with E-state index in [2.05, 4.69) is 9.97 Å². The molecule has 0 bridgehead atoms. The first-order chi connectivity index (χ1) is 7.75. The Morgan fingerprint density at radius 1 is 0.812 bits per heavy atom.